The second-order valence-electron chi connectivity index (χ2n) is 7.79. The first-order chi connectivity index (χ1) is 14.8. The van der Waals surface area contributed by atoms with E-state index in [4.69, 9.17) is 30.5 Å². The molecule has 170 valence electrons. The molecule has 2 rings (SSSR count). The Morgan fingerprint density at radius 1 is 0.935 bits per heavy atom. The molecule has 0 aliphatic heterocycles. The number of benzene rings is 2. The number of methoxy groups -OCH3 is 1. The average molecular weight is 451 g/mol. The van der Waals surface area contributed by atoms with E-state index in [0.717, 1.165) is 11.1 Å². The van der Waals surface area contributed by atoms with Gasteiger partial charge in [0.25, 0.3) is 0 Å². The zero-order valence-corrected chi connectivity index (χ0v) is 19.2. The number of carbonyl (C=O) groups excluding carboxylic acids is 1. The fraction of sp³-hybridized carbons (Fsp3) is 0.458. The Kier molecular flexibility index (Phi) is 9.62. The molecule has 0 heterocycles. The van der Waals surface area contributed by atoms with Gasteiger partial charge in [-0.2, -0.15) is 0 Å². The van der Waals surface area contributed by atoms with Gasteiger partial charge >= 0.3 is 5.97 Å². The molecular formula is C24H31ClO6. The van der Waals surface area contributed by atoms with E-state index in [-0.39, 0.29) is 37.1 Å². The maximum atomic E-state index is 11.1. The standard InChI is InChI=1S/C24H31ClO6/c1-17(26)31-23(13-25)16-30-22-11-7-19(8-12-22)24(2,3)18-5-9-21(10-6-18)29-15-20(27)14-28-4/h5-12,20,23,27H,13-16H2,1-4H3/t20-,23-/m1/s1. The molecule has 0 amide bonds. The van der Waals surface area contributed by atoms with Crippen molar-refractivity contribution in [1.29, 1.82) is 0 Å². The molecular weight excluding hydrogens is 420 g/mol. The van der Waals surface area contributed by atoms with Crippen molar-refractivity contribution in [3.63, 3.8) is 0 Å². The molecule has 1 N–H and O–H groups in total. The van der Waals surface area contributed by atoms with Gasteiger partial charge in [0, 0.05) is 19.4 Å². The Morgan fingerprint density at radius 2 is 1.42 bits per heavy atom. The van der Waals surface area contributed by atoms with Gasteiger partial charge < -0.3 is 24.1 Å². The van der Waals surface area contributed by atoms with Crippen molar-refractivity contribution in [2.75, 3.05) is 32.8 Å². The number of alkyl halides is 1. The van der Waals surface area contributed by atoms with Crippen LogP contribution in [0.3, 0.4) is 0 Å². The summed E-state index contributed by atoms with van der Waals surface area (Å²) in [6, 6.07) is 15.7. The van der Waals surface area contributed by atoms with E-state index >= 15 is 0 Å². The maximum Gasteiger partial charge on any atom is 0.303 e. The molecule has 0 radical (unpaired) electrons. The Balaban J connectivity index is 1.99. The number of aliphatic hydroxyl groups is 1. The summed E-state index contributed by atoms with van der Waals surface area (Å²) in [5, 5.41) is 9.70. The van der Waals surface area contributed by atoms with Crippen molar-refractivity contribution < 1.29 is 28.8 Å². The lowest BCUT2D eigenvalue weighted by Crippen LogP contribution is -2.25. The molecule has 6 nitrogen and oxygen atoms in total. The summed E-state index contributed by atoms with van der Waals surface area (Å²) in [5.74, 6) is 1.17. The van der Waals surface area contributed by atoms with E-state index in [2.05, 4.69) is 13.8 Å². The summed E-state index contributed by atoms with van der Waals surface area (Å²) in [6.07, 6.45) is -1.14. The summed E-state index contributed by atoms with van der Waals surface area (Å²) in [7, 11) is 1.54. The molecule has 0 aromatic heterocycles. The van der Waals surface area contributed by atoms with E-state index in [1.807, 2.05) is 48.5 Å². The first-order valence-corrected chi connectivity index (χ1v) is 10.7. The van der Waals surface area contributed by atoms with Crippen molar-refractivity contribution in [3.05, 3.63) is 59.7 Å². The number of aliphatic hydroxyl groups excluding tert-OH is 1. The third kappa shape index (κ3) is 7.73. The van der Waals surface area contributed by atoms with Crippen LogP contribution < -0.4 is 9.47 Å². The average Bonchev–Trinajstić information content (AvgIpc) is 2.75. The highest BCUT2D eigenvalue weighted by Gasteiger charge is 2.23. The molecule has 0 fully saturated rings. The largest absolute Gasteiger partial charge is 0.491 e. The molecule has 0 saturated carbocycles. The second kappa shape index (κ2) is 11.9. The van der Waals surface area contributed by atoms with Crippen LogP contribution in [-0.2, 0) is 19.7 Å². The summed E-state index contributed by atoms with van der Waals surface area (Å²) in [5.41, 5.74) is 2.02. The van der Waals surface area contributed by atoms with Crippen LogP contribution in [0, 0.1) is 0 Å². The second-order valence-corrected chi connectivity index (χ2v) is 8.10. The smallest absolute Gasteiger partial charge is 0.303 e. The minimum Gasteiger partial charge on any atom is -0.491 e. The molecule has 0 unspecified atom stereocenters. The van der Waals surface area contributed by atoms with Gasteiger partial charge in [-0.05, 0) is 35.4 Å². The summed E-state index contributed by atoms with van der Waals surface area (Å²) < 4.78 is 21.3. The third-order valence-corrected chi connectivity index (χ3v) is 5.24. The fourth-order valence-electron chi connectivity index (χ4n) is 3.07. The van der Waals surface area contributed by atoms with Crippen molar-refractivity contribution >= 4 is 17.6 Å². The molecule has 0 bridgehead atoms. The minimum absolute atomic E-state index is 0.176. The van der Waals surface area contributed by atoms with Crippen LogP contribution in [0.5, 0.6) is 11.5 Å². The molecule has 31 heavy (non-hydrogen) atoms. The van der Waals surface area contributed by atoms with Gasteiger partial charge in [-0.3, -0.25) is 4.79 Å². The highest BCUT2D eigenvalue weighted by molar-refractivity contribution is 6.18. The zero-order valence-electron chi connectivity index (χ0n) is 18.5. The number of halogens is 1. The highest BCUT2D eigenvalue weighted by atomic mass is 35.5. The van der Waals surface area contributed by atoms with Crippen LogP contribution >= 0.6 is 11.6 Å². The summed E-state index contributed by atoms with van der Waals surface area (Å²) in [4.78, 5) is 11.1. The molecule has 7 heteroatoms. The topological polar surface area (TPSA) is 74.2 Å². The number of hydrogen-bond donors (Lipinski definition) is 1. The van der Waals surface area contributed by atoms with Gasteiger partial charge in [0.1, 0.15) is 36.9 Å². The Bertz CT molecular complexity index is 804. The number of ether oxygens (including phenoxy) is 4. The third-order valence-electron chi connectivity index (χ3n) is 4.89. The SMILES string of the molecule is COC[C@@H](O)COc1ccc(C(C)(C)c2ccc(OC[C@@H](CCl)OC(C)=O)cc2)cc1. The number of carbonyl (C=O) groups is 1. The highest BCUT2D eigenvalue weighted by Crippen LogP contribution is 2.33. The maximum absolute atomic E-state index is 11.1. The first-order valence-electron chi connectivity index (χ1n) is 10.1. The van der Waals surface area contributed by atoms with Gasteiger partial charge in [0.2, 0.25) is 0 Å². The van der Waals surface area contributed by atoms with Crippen LogP contribution in [0.4, 0.5) is 0 Å². The van der Waals surface area contributed by atoms with Gasteiger partial charge in [-0.1, -0.05) is 38.1 Å². The molecule has 0 saturated heterocycles. The van der Waals surface area contributed by atoms with E-state index in [9.17, 15) is 9.90 Å². The van der Waals surface area contributed by atoms with E-state index in [0.29, 0.717) is 11.5 Å². The number of esters is 1. The number of rotatable bonds is 12. The van der Waals surface area contributed by atoms with Crippen LogP contribution in [0.2, 0.25) is 0 Å². The Morgan fingerprint density at radius 3 is 1.84 bits per heavy atom. The molecule has 2 atom stereocenters. The van der Waals surface area contributed by atoms with Crippen LogP contribution in [0.1, 0.15) is 31.9 Å². The van der Waals surface area contributed by atoms with E-state index in [1.165, 1.54) is 6.92 Å². The zero-order chi connectivity index (χ0) is 22.9. The monoisotopic (exact) mass is 450 g/mol. The lowest BCUT2D eigenvalue weighted by Gasteiger charge is -2.26. The summed E-state index contributed by atoms with van der Waals surface area (Å²) >= 11 is 5.81. The van der Waals surface area contributed by atoms with Crippen molar-refractivity contribution in [2.45, 2.75) is 38.4 Å². The number of hydrogen-bond acceptors (Lipinski definition) is 6. The lowest BCUT2D eigenvalue weighted by atomic mass is 9.78. The Hall–Kier alpha value is -2.28. The van der Waals surface area contributed by atoms with Crippen molar-refractivity contribution in [2.24, 2.45) is 0 Å². The molecule has 0 aliphatic carbocycles. The van der Waals surface area contributed by atoms with Crippen LogP contribution in [0.25, 0.3) is 0 Å². The first kappa shape index (κ1) is 25.0. The van der Waals surface area contributed by atoms with Gasteiger partial charge in [-0.15, -0.1) is 11.6 Å². The lowest BCUT2D eigenvalue weighted by molar-refractivity contribution is -0.146. The minimum atomic E-state index is -0.657. The normalized spacial score (nSPS) is 13.4. The van der Waals surface area contributed by atoms with E-state index in [1.54, 1.807) is 7.11 Å². The molecule has 2 aromatic carbocycles. The fourth-order valence-corrected chi connectivity index (χ4v) is 3.22. The van der Waals surface area contributed by atoms with E-state index < -0.39 is 12.2 Å². The summed E-state index contributed by atoms with van der Waals surface area (Å²) in [6.45, 7) is 6.25. The quantitative estimate of drug-likeness (QED) is 0.390. The predicted octanol–water partition coefficient (Wildman–Crippen LogP) is 3.95. The van der Waals surface area contributed by atoms with Crippen molar-refractivity contribution in [1.82, 2.24) is 0 Å². The van der Waals surface area contributed by atoms with Gasteiger partial charge in [0.15, 0.2) is 0 Å². The Labute approximate surface area is 189 Å². The molecule has 0 aliphatic rings. The molecule has 0 spiro atoms. The van der Waals surface area contributed by atoms with Crippen molar-refractivity contribution in [3.8, 4) is 11.5 Å². The predicted molar refractivity (Wildman–Crippen MR) is 120 cm³/mol. The van der Waals surface area contributed by atoms with Gasteiger partial charge in [0.05, 0.1) is 12.5 Å². The van der Waals surface area contributed by atoms with Crippen LogP contribution in [-0.4, -0.2) is 56.1 Å². The van der Waals surface area contributed by atoms with Gasteiger partial charge in [-0.25, -0.2) is 0 Å². The van der Waals surface area contributed by atoms with Crippen LogP contribution in [0.15, 0.2) is 48.5 Å². The molecule has 2 aromatic rings.